The molecule has 0 saturated heterocycles. The molecule has 0 atom stereocenters. The topological polar surface area (TPSA) is 72.4 Å². The minimum Gasteiger partial charge on any atom is -0.467 e. The summed E-state index contributed by atoms with van der Waals surface area (Å²) in [4.78, 5) is 14.7. The third-order valence-corrected chi connectivity index (χ3v) is 5.37. The van der Waals surface area contributed by atoms with Crippen LogP contribution in [0.3, 0.4) is 0 Å². The van der Waals surface area contributed by atoms with Crippen LogP contribution in [0.2, 0.25) is 5.02 Å². The lowest BCUT2D eigenvalue weighted by Crippen LogP contribution is -2.31. The summed E-state index contributed by atoms with van der Waals surface area (Å²) in [5.41, 5.74) is 1.82. The zero-order chi connectivity index (χ0) is 20.8. The molecule has 4 rings (SSSR count). The van der Waals surface area contributed by atoms with E-state index in [4.69, 9.17) is 20.4 Å². The average Bonchev–Trinajstić information content (AvgIpc) is 3.45. The number of thioether (sulfide) groups is 1. The fourth-order valence-corrected chi connectivity index (χ4v) is 3.61. The first kappa shape index (κ1) is 20.3. The molecule has 2 aromatic heterocycles. The predicted molar refractivity (Wildman–Crippen MR) is 115 cm³/mol. The summed E-state index contributed by atoms with van der Waals surface area (Å²) >= 11 is 7.12. The van der Waals surface area contributed by atoms with Crippen molar-refractivity contribution in [2.24, 2.45) is 0 Å². The van der Waals surface area contributed by atoms with Gasteiger partial charge in [0.05, 0.1) is 18.6 Å². The minimum atomic E-state index is -0.0495. The Bertz CT molecular complexity index is 1080. The Balaban J connectivity index is 1.41. The number of nitrogens with zero attached hydrogens (tertiary/aromatic N) is 3. The van der Waals surface area contributed by atoms with Crippen molar-refractivity contribution < 1.29 is 13.6 Å². The molecule has 0 fully saturated rings. The Morgan fingerprint density at radius 3 is 2.50 bits per heavy atom. The van der Waals surface area contributed by atoms with E-state index in [9.17, 15) is 4.79 Å². The molecular formula is C22H18ClN3O3S. The van der Waals surface area contributed by atoms with Gasteiger partial charge in [0.2, 0.25) is 11.8 Å². The van der Waals surface area contributed by atoms with E-state index in [1.165, 1.54) is 11.8 Å². The van der Waals surface area contributed by atoms with Gasteiger partial charge in [-0.15, -0.1) is 10.2 Å². The van der Waals surface area contributed by atoms with Crippen LogP contribution in [0.4, 0.5) is 0 Å². The molecule has 6 nitrogen and oxygen atoms in total. The smallest absolute Gasteiger partial charge is 0.277 e. The molecular weight excluding hydrogens is 422 g/mol. The maximum atomic E-state index is 12.9. The number of rotatable bonds is 8. The molecule has 30 heavy (non-hydrogen) atoms. The van der Waals surface area contributed by atoms with E-state index < -0.39 is 0 Å². The normalized spacial score (nSPS) is 10.8. The van der Waals surface area contributed by atoms with Crippen molar-refractivity contribution in [2.75, 3.05) is 5.75 Å². The van der Waals surface area contributed by atoms with Crippen molar-refractivity contribution in [1.82, 2.24) is 15.1 Å². The van der Waals surface area contributed by atoms with Gasteiger partial charge in [-0.3, -0.25) is 4.79 Å². The van der Waals surface area contributed by atoms with Gasteiger partial charge in [0, 0.05) is 17.1 Å². The van der Waals surface area contributed by atoms with Crippen LogP contribution in [0.1, 0.15) is 11.3 Å². The van der Waals surface area contributed by atoms with Crippen LogP contribution in [-0.2, 0) is 17.9 Å². The number of hydrogen-bond donors (Lipinski definition) is 0. The van der Waals surface area contributed by atoms with Crippen LogP contribution in [0, 0.1) is 0 Å². The van der Waals surface area contributed by atoms with Crippen molar-refractivity contribution in [1.29, 1.82) is 0 Å². The molecule has 2 heterocycles. The van der Waals surface area contributed by atoms with Gasteiger partial charge in [0.15, 0.2) is 0 Å². The van der Waals surface area contributed by atoms with Crippen molar-refractivity contribution >= 4 is 29.3 Å². The van der Waals surface area contributed by atoms with Crippen LogP contribution in [0.15, 0.2) is 87.1 Å². The lowest BCUT2D eigenvalue weighted by atomic mass is 10.2. The van der Waals surface area contributed by atoms with Gasteiger partial charge < -0.3 is 13.7 Å². The van der Waals surface area contributed by atoms with Gasteiger partial charge >= 0.3 is 0 Å². The molecule has 152 valence electrons. The molecule has 4 aromatic rings. The Morgan fingerprint density at radius 2 is 1.77 bits per heavy atom. The van der Waals surface area contributed by atoms with Crippen molar-refractivity contribution in [3.63, 3.8) is 0 Å². The summed E-state index contributed by atoms with van der Waals surface area (Å²) in [7, 11) is 0. The molecule has 0 N–H and O–H groups in total. The van der Waals surface area contributed by atoms with Crippen LogP contribution >= 0.6 is 23.4 Å². The highest BCUT2D eigenvalue weighted by molar-refractivity contribution is 7.99. The second kappa shape index (κ2) is 9.65. The molecule has 0 bridgehead atoms. The van der Waals surface area contributed by atoms with Gasteiger partial charge in [0.25, 0.3) is 5.22 Å². The van der Waals surface area contributed by atoms with Crippen LogP contribution in [-0.4, -0.2) is 26.8 Å². The molecule has 0 aliphatic carbocycles. The Labute approximate surface area is 182 Å². The second-order valence-corrected chi connectivity index (χ2v) is 7.85. The molecule has 0 aliphatic heterocycles. The number of carbonyl (C=O) groups excluding carboxylic acids is 1. The summed E-state index contributed by atoms with van der Waals surface area (Å²) in [6, 6.07) is 20.6. The van der Waals surface area contributed by atoms with Crippen LogP contribution in [0.25, 0.3) is 11.5 Å². The van der Waals surface area contributed by atoms with E-state index in [1.807, 2.05) is 42.5 Å². The average molecular weight is 440 g/mol. The molecule has 0 saturated carbocycles. The Hall–Kier alpha value is -3.03. The number of furan rings is 1. The van der Waals surface area contributed by atoms with Crippen molar-refractivity contribution in [3.8, 4) is 11.5 Å². The van der Waals surface area contributed by atoms with E-state index in [2.05, 4.69) is 10.2 Å². The molecule has 0 unspecified atom stereocenters. The largest absolute Gasteiger partial charge is 0.467 e. The quantitative estimate of drug-likeness (QED) is 0.347. The maximum absolute atomic E-state index is 12.9. The number of aromatic nitrogens is 2. The first-order valence-electron chi connectivity index (χ1n) is 9.24. The standard InChI is InChI=1S/C22H18ClN3O3S/c23-18-10-8-17(9-11-18)21-24-25-22(29-21)30-15-20(27)26(14-19-7-4-12-28-19)13-16-5-2-1-3-6-16/h1-12H,13-15H2. The molecule has 8 heteroatoms. The van der Waals surface area contributed by atoms with E-state index in [1.54, 1.807) is 35.4 Å². The Kier molecular flexibility index (Phi) is 6.51. The number of benzene rings is 2. The molecule has 0 spiro atoms. The zero-order valence-corrected chi connectivity index (χ0v) is 17.5. The van der Waals surface area contributed by atoms with Gasteiger partial charge in [-0.2, -0.15) is 0 Å². The molecule has 0 radical (unpaired) electrons. The first-order valence-corrected chi connectivity index (χ1v) is 10.6. The SMILES string of the molecule is O=C(CSc1nnc(-c2ccc(Cl)cc2)o1)N(Cc1ccccc1)Cc1ccco1. The lowest BCUT2D eigenvalue weighted by molar-refractivity contribution is -0.129. The van der Waals surface area contributed by atoms with E-state index in [0.717, 1.165) is 16.9 Å². The number of hydrogen-bond acceptors (Lipinski definition) is 6. The Morgan fingerprint density at radius 1 is 0.967 bits per heavy atom. The summed E-state index contributed by atoms with van der Waals surface area (Å²) in [6.07, 6.45) is 1.60. The van der Waals surface area contributed by atoms with E-state index in [-0.39, 0.29) is 11.7 Å². The monoisotopic (exact) mass is 439 g/mol. The fourth-order valence-electron chi connectivity index (χ4n) is 2.82. The third kappa shape index (κ3) is 5.31. The van der Waals surface area contributed by atoms with Crippen molar-refractivity contribution in [2.45, 2.75) is 18.3 Å². The van der Waals surface area contributed by atoms with Gasteiger partial charge in [-0.1, -0.05) is 53.7 Å². The highest BCUT2D eigenvalue weighted by Crippen LogP contribution is 2.25. The van der Waals surface area contributed by atoms with Crippen molar-refractivity contribution in [3.05, 3.63) is 89.3 Å². The highest BCUT2D eigenvalue weighted by atomic mass is 35.5. The number of carbonyl (C=O) groups is 1. The molecule has 1 amide bonds. The maximum Gasteiger partial charge on any atom is 0.277 e. The number of amides is 1. The fraction of sp³-hybridized carbons (Fsp3) is 0.136. The summed E-state index contributed by atoms with van der Waals surface area (Å²) in [5.74, 6) is 1.24. The second-order valence-electron chi connectivity index (χ2n) is 6.48. The van der Waals surface area contributed by atoms with Gasteiger partial charge in [-0.05, 0) is 42.0 Å². The van der Waals surface area contributed by atoms with E-state index >= 15 is 0 Å². The molecule has 0 aliphatic rings. The first-order chi connectivity index (χ1) is 14.7. The minimum absolute atomic E-state index is 0.0495. The summed E-state index contributed by atoms with van der Waals surface area (Å²) in [5, 5.41) is 9.05. The zero-order valence-electron chi connectivity index (χ0n) is 15.9. The van der Waals surface area contributed by atoms with Crippen LogP contribution < -0.4 is 0 Å². The molecule has 2 aromatic carbocycles. The van der Waals surface area contributed by atoms with Crippen LogP contribution in [0.5, 0.6) is 0 Å². The number of halogens is 1. The van der Waals surface area contributed by atoms with E-state index in [0.29, 0.717) is 29.2 Å². The lowest BCUT2D eigenvalue weighted by Gasteiger charge is -2.21. The van der Waals surface area contributed by atoms with Gasteiger partial charge in [-0.25, -0.2) is 0 Å². The summed E-state index contributed by atoms with van der Waals surface area (Å²) < 4.78 is 11.1. The van der Waals surface area contributed by atoms with Gasteiger partial charge in [0.1, 0.15) is 5.76 Å². The summed E-state index contributed by atoms with van der Waals surface area (Å²) in [6.45, 7) is 0.877. The predicted octanol–water partition coefficient (Wildman–Crippen LogP) is 5.30. The highest BCUT2D eigenvalue weighted by Gasteiger charge is 2.18. The third-order valence-electron chi connectivity index (χ3n) is 4.31.